The Morgan fingerprint density at radius 3 is 2.21 bits per heavy atom. The van der Waals surface area contributed by atoms with Crippen LogP contribution < -0.4 is 14.2 Å². The molecule has 6 rings (SSSR count). The van der Waals surface area contributed by atoms with Crippen molar-refractivity contribution < 1.29 is 42.4 Å². The second-order valence-corrected chi connectivity index (χ2v) is 19.7. The lowest BCUT2D eigenvalue weighted by Crippen LogP contribution is -2.66. The van der Waals surface area contributed by atoms with Crippen LogP contribution in [0.1, 0.15) is 70.0 Å². The molecule has 9 nitrogen and oxygen atoms in total. The Morgan fingerprint density at radius 1 is 0.938 bits per heavy atom. The van der Waals surface area contributed by atoms with Crippen LogP contribution in [0.25, 0.3) is 16.3 Å². The highest BCUT2D eigenvalue weighted by atomic mass is 28.4. The summed E-state index contributed by atoms with van der Waals surface area (Å²) in [6.45, 7) is 17.9. The minimum absolute atomic E-state index is 0.132. The number of Topliss-reactive ketones (excluding diaryl/α,β-unsaturated/α-hetero) is 1. The van der Waals surface area contributed by atoms with Crippen molar-refractivity contribution in [1.29, 1.82) is 0 Å². The topological polar surface area (TPSA) is 98.8 Å². The molecule has 48 heavy (non-hydrogen) atoms. The largest absolute Gasteiger partial charge is 0.495 e. The first-order chi connectivity index (χ1) is 22.4. The van der Waals surface area contributed by atoms with E-state index in [1.165, 1.54) is 14.0 Å². The molecule has 0 saturated carbocycles. The van der Waals surface area contributed by atoms with Crippen LogP contribution in [0.3, 0.4) is 0 Å². The van der Waals surface area contributed by atoms with Crippen LogP contribution in [-0.4, -0.2) is 63.5 Å². The summed E-state index contributed by atoms with van der Waals surface area (Å²) in [6, 6.07) is 15.4. The van der Waals surface area contributed by atoms with E-state index in [0.29, 0.717) is 40.0 Å². The lowest BCUT2D eigenvalue weighted by Gasteiger charge is -2.50. The van der Waals surface area contributed by atoms with Crippen molar-refractivity contribution >= 4 is 36.4 Å². The molecule has 3 aliphatic rings. The van der Waals surface area contributed by atoms with E-state index in [9.17, 15) is 4.79 Å². The maximum Gasteiger partial charge on any atom is 0.304 e. The van der Waals surface area contributed by atoms with Crippen molar-refractivity contribution in [3.63, 3.8) is 0 Å². The van der Waals surface area contributed by atoms with E-state index < -0.39 is 49.3 Å². The summed E-state index contributed by atoms with van der Waals surface area (Å²) in [5.41, 5.74) is -1.03. The van der Waals surface area contributed by atoms with Crippen LogP contribution in [0, 0.1) is 0 Å². The Hall–Kier alpha value is -3.70. The van der Waals surface area contributed by atoms with Crippen molar-refractivity contribution in [1.82, 2.24) is 0 Å². The minimum atomic E-state index is -2.43. The van der Waals surface area contributed by atoms with Crippen molar-refractivity contribution in [2.75, 3.05) is 14.2 Å². The molecule has 1 aliphatic heterocycles. The Labute approximate surface area is 283 Å². The Balaban J connectivity index is 1.65. The molecule has 10 heteroatoms. The minimum Gasteiger partial charge on any atom is -0.495 e. The molecule has 0 unspecified atom stereocenters. The van der Waals surface area contributed by atoms with Gasteiger partial charge in [0.05, 0.1) is 31.3 Å². The second-order valence-electron chi connectivity index (χ2n) is 15.0. The van der Waals surface area contributed by atoms with Gasteiger partial charge < -0.3 is 32.8 Å². The molecule has 4 atom stereocenters. The molecule has 1 saturated heterocycles. The number of hydrogen-bond donors (Lipinski definition) is 0. The highest BCUT2D eigenvalue weighted by Gasteiger charge is 2.74. The van der Waals surface area contributed by atoms with Crippen molar-refractivity contribution in [3.05, 3.63) is 71.3 Å². The fourth-order valence-corrected chi connectivity index (χ4v) is 8.48. The van der Waals surface area contributed by atoms with Gasteiger partial charge in [0.2, 0.25) is 11.4 Å². The third kappa shape index (κ3) is 5.07. The number of ketones is 1. The molecule has 3 aromatic rings. The van der Waals surface area contributed by atoms with Crippen LogP contribution in [0.2, 0.25) is 18.1 Å². The van der Waals surface area contributed by atoms with Gasteiger partial charge in [0.1, 0.15) is 35.6 Å². The average molecular weight is 675 g/mol. The molecular formula is C38H46O9Si. The summed E-state index contributed by atoms with van der Waals surface area (Å²) in [6.07, 6.45) is 0.164. The molecule has 1 fully saturated rings. The lowest BCUT2D eigenvalue weighted by molar-refractivity contribution is -0.176. The first-order valence-electron chi connectivity index (χ1n) is 16.3. The summed E-state index contributed by atoms with van der Waals surface area (Å²) in [7, 11) is 0.650. The van der Waals surface area contributed by atoms with E-state index in [1.54, 1.807) is 21.0 Å². The van der Waals surface area contributed by atoms with Gasteiger partial charge in [-0.15, -0.1) is 0 Å². The maximum atomic E-state index is 15.3. The second kappa shape index (κ2) is 11.4. The smallest absolute Gasteiger partial charge is 0.304 e. The van der Waals surface area contributed by atoms with E-state index in [4.69, 9.17) is 32.8 Å². The molecular weight excluding hydrogens is 628 g/mol. The standard InChI is InChI=1S/C38H46O9Si/c1-22(39)44-38-25(20-27(46-48(10,11)35(2,3)4)37(7)34(38)45-36(5,6)47-37)29-30(33(38)40)32(42-9)28-24(31(29)41-8)18-15-19-26(28)43-21-23-16-13-12-14-17-23/h12-20,27,34H,21H2,1-11H3/t27-,34+,37+,38+/m1/s1. The number of benzene rings is 3. The zero-order valence-corrected chi connectivity index (χ0v) is 30.7. The van der Waals surface area contributed by atoms with Gasteiger partial charge in [0.25, 0.3) is 0 Å². The molecule has 0 radical (unpaired) electrons. The Kier molecular flexibility index (Phi) is 8.14. The van der Waals surface area contributed by atoms with Crippen LogP contribution in [-0.2, 0) is 30.0 Å². The highest BCUT2D eigenvalue weighted by molar-refractivity contribution is 6.74. The van der Waals surface area contributed by atoms with Gasteiger partial charge in [-0.25, -0.2) is 0 Å². The monoisotopic (exact) mass is 674 g/mol. The number of esters is 1. The summed E-state index contributed by atoms with van der Waals surface area (Å²) in [5.74, 6) is -1.03. The summed E-state index contributed by atoms with van der Waals surface area (Å²) in [4.78, 5) is 28.3. The summed E-state index contributed by atoms with van der Waals surface area (Å²) in [5, 5.41) is 1.11. The van der Waals surface area contributed by atoms with Gasteiger partial charge >= 0.3 is 5.97 Å². The number of carbonyl (C=O) groups excluding carboxylic acids is 2. The lowest BCUT2D eigenvalue weighted by atomic mass is 9.71. The number of fused-ring (bicyclic) bond motifs is 6. The maximum absolute atomic E-state index is 15.3. The molecule has 0 aromatic heterocycles. The Morgan fingerprint density at radius 2 is 1.60 bits per heavy atom. The predicted octanol–water partition coefficient (Wildman–Crippen LogP) is 7.63. The van der Waals surface area contributed by atoms with Crippen LogP contribution in [0.15, 0.2) is 54.6 Å². The molecule has 256 valence electrons. The number of methoxy groups -OCH3 is 2. The highest BCUT2D eigenvalue weighted by Crippen LogP contribution is 2.62. The molecule has 3 aromatic carbocycles. The quantitative estimate of drug-likeness (QED) is 0.176. The van der Waals surface area contributed by atoms with Crippen LogP contribution in [0.5, 0.6) is 17.2 Å². The van der Waals surface area contributed by atoms with Crippen LogP contribution in [0.4, 0.5) is 0 Å². The van der Waals surface area contributed by atoms with E-state index in [2.05, 4.69) is 33.9 Å². The van der Waals surface area contributed by atoms with Gasteiger partial charge in [-0.3, -0.25) is 9.59 Å². The summed E-state index contributed by atoms with van der Waals surface area (Å²) >= 11 is 0. The van der Waals surface area contributed by atoms with Crippen molar-refractivity contribution in [2.24, 2.45) is 0 Å². The average Bonchev–Trinajstić information content (AvgIpc) is 3.41. The molecule has 0 N–H and O–H groups in total. The SMILES string of the molecule is COc1c2c(c(OC)c3c(OCc4ccccc4)cccc13)C(=O)[C@@]1(OC(C)=O)C2=C[C@@H](O[Si](C)(C)C(C)(C)C)[C@]2(C)OC(C)(C)O[C@H]12. The van der Waals surface area contributed by atoms with E-state index in [0.717, 1.165) is 5.56 Å². The number of rotatable bonds is 8. The zero-order valence-electron chi connectivity index (χ0n) is 29.7. The van der Waals surface area contributed by atoms with Crippen LogP contribution >= 0.6 is 0 Å². The van der Waals surface area contributed by atoms with Crippen molar-refractivity contribution in [3.8, 4) is 17.2 Å². The van der Waals surface area contributed by atoms with E-state index in [1.807, 2.05) is 61.5 Å². The van der Waals surface area contributed by atoms with E-state index in [-0.39, 0.29) is 16.4 Å². The number of carbonyl (C=O) groups is 2. The molecule has 2 aliphatic carbocycles. The third-order valence-corrected chi connectivity index (χ3v) is 14.7. The first kappa shape index (κ1) is 34.2. The fourth-order valence-electron chi connectivity index (χ4n) is 7.19. The molecule has 0 spiro atoms. The first-order valence-corrected chi connectivity index (χ1v) is 19.2. The Bertz CT molecular complexity index is 1820. The normalized spacial score (nSPS) is 26.0. The van der Waals surface area contributed by atoms with Gasteiger partial charge in [-0.1, -0.05) is 63.2 Å². The molecule has 0 bridgehead atoms. The predicted molar refractivity (Wildman–Crippen MR) is 185 cm³/mol. The fraction of sp³-hybridized carbons (Fsp3) is 0.474. The van der Waals surface area contributed by atoms with Gasteiger partial charge in [0, 0.05) is 23.4 Å². The molecule has 1 heterocycles. The van der Waals surface area contributed by atoms with E-state index >= 15 is 4.79 Å². The summed E-state index contributed by atoms with van der Waals surface area (Å²) < 4.78 is 45.2. The zero-order chi connectivity index (χ0) is 35.0. The van der Waals surface area contributed by atoms with Gasteiger partial charge in [-0.05, 0) is 56.6 Å². The number of ether oxygens (including phenoxy) is 6. The van der Waals surface area contributed by atoms with Crippen molar-refractivity contribution in [2.45, 2.75) is 102 Å². The number of hydrogen-bond acceptors (Lipinski definition) is 9. The third-order valence-electron chi connectivity index (χ3n) is 10.3. The van der Waals surface area contributed by atoms with Gasteiger partial charge in [-0.2, -0.15) is 0 Å². The van der Waals surface area contributed by atoms with Gasteiger partial charge in [0.15, 0.2) is 14.1 Å². The molecule has 0 amide bonds.